The van der Waals surface area contributed by atoms with Crippen molar-refractivity contribution in [3.8, 4) is 22.3 Å². The van der Waals surface area contributed by atoms with Crippen molar-refractivity contribution in [1.29, 1.82) is 0 Å². The molecule has 2 heteroatoms. The molecule has 0 saturated heterocycles. The van der Waals surface area contributed by atoms with Crippen LogP contribution in [0.15, 0.2) is 97.1 Å². The first-order chi connectivity index (χ1) is 28.6. The number of hydrogen-bond donors (Lipinski definition) is 0. The van der Waals surface area contributed by atoms with Gasteiger partial charge in [0.15, 0.2) is 0 Å². The highest BCUT2D eigenvalue weighted by Gasteiger charge is 2.30. The number of rotatable bonds is 8. The van der Waals surface area contributed by atoms with E-state index in [-0.39, 0.29) is 0 Å². The van der Waals surface area contributed by atoms with Crippen LogP contribution in [0.2, 0.25) is 10.0 Å². The van der Waals surface area contributed by atoms with E-state index in [1.807, 2.05) is 0 Å². The molecule has 304 valence electrons. The van der Waals surface area contributed by atoms with Gasteiger partial charge in [0.1, 0.15) is 0 Å². The summed E-state index contributed by atoms with van der Waals surface area (Å²) < 4.78 is 0. The second kappa shape index (κ2) is 15.1. The molecule has 0 saturated carbocycles. The van der Waals surface area contributed by atoms with Crippen LogP contribution in [-0.4, -0.2) is 0 Å². The van der Waals surface area contributed by atoms with E-state index in [1.165, 1.54) is 109 Å². The quantitative estimate of drug-likeness (QED) is 0.106. The van der Waals surface area contributed by atoms with Gasteiger partial charge in [0, 0.05) is 42.4 Å². The van der Waals surface area contributed by atoms with Gasteiger partial charge in [-0.15, -0.1) is 0 Å². The van der Waals surface area contributed by atoms with Gasteiger partial charge in [0.05, 0.1) is 0 Å². The summed E-state index contributed by atoms with van der Waals surface area (Å²) in [4.78, 5) is 0. The Kier molecular flexibility index (Phi) is 10.2. The highest BCUT2D eigenvalue weighted by molar-refractivity contribution is 6.53. The summed E-state index contributed by atoms with van der Waals surface area (Å²) in [5.74, 6) is 2.18. The van der Waals surface area contributed by atoms with E-state index in [4.69, 9.17) is 23.2 Å². The molecular weight excluding hydrogens is 768 g/mol. The highest BCUT2D eigenvalue weighted by atomic mass is 35.5. The van der Waals surface area contributed by atoms with Crippen LogP contribution in [0.1, 0.15) is 152 Å². The van der Waals surface area contributed by atoms with Gasteiger partial charge in [-0.3, -0.25) is 0 Å². The first-order valence-corrected chi connectivity index (χ1v) is 23.1. The van der Waals surface area contributed by atoms with Crippen molar-refractivity contribution < 1.29 is 0 Å². The van der Waals surface area contributed by atoms with Crippen LogP contribution < -0.4 is 0 Å². The molecule has 60 heavy (non-hydrogen) atoms. The van der Waals surface area contributed by atoms with Gasteiger partial charge in [-0.25, -0.2) is 0 Å². The SMILES string of the molecule is CC(C)c1cc(C(C)C)c(-c2c3ccccc3c3c4c(Cl)ccc5c(-c6c(C(C)C)cc(C(C)C)cc6C(C)C)c6ccccc6c(c6c(Cl)ccc2c63)c54)c(C(C)C)c1. The Balaban J connectivity index is 1.59. The molecule has 9 rings (SSSR count). The molecular formula is C58H58Cl2. The predicted molar refractivity (Wildman–Crippen MR) is 268 cm³/mol. The fourth-order valence-corrected chi connectivity index (χ4v) is 11.0. The topological polar surface area (TPSA) is 0 Å². The normalized spacial score (nSPS) is 12.7. The van der Waals surface area contributed by atoms with Crippen molar-refractivity contribution in [2.24, 2.45) is 0 Å². The van der Waals surface area contributed by atoms with Crippen molar-refractivity contribution in [3.05, 3.63) is 140 Å². The summed E-state index contributed by atoms with van der Waals surface area (Å²) in [5.41, 5.74) is 13.7. The fourth-order valence-electron chi connectivity index (χ4n) is 10.5. The molecule has 0 bridgehead atoms. The smallest absolute Gasteiger partial charge is 0.0491 e. The van der Waals surface area contributed by atoms with Crippen molar-refractivity contribution in [2.75, 3.05) is 0 Å². The molecule has 0 unspecified atom stereocenters. The van der Waals surface area contributed by atoms with Crippen LogP contribution >= 0.6 is 23.2 Å². The number of benzene rings is 9. The maximum atomic E-state index is 7.67. The van der Waals surface area contributed by atoms with Crippen LogP contribution in [0.25, 0.3) is 86.9 Å². The molecule has 0 N–H and O–H groups in total. The Morgan fingerprint density at radius 2 is 0.567 bits per heavy atom. The van der Waals surface area contributed by atoms with E-state index in [0.717, 1.165) is 20.8 Å². The van der Waals surface area contributed by atoms with E-state index >= 15 is 0 Å². The van der Waals surface area contributed by atoms with Gasteiger partial charge in [0.25, 0.3) is 0 Å². The van der Waals surface area contributed by atoms with E-state index in [2.05, 4.69) is 180 Å². The molecule has 0 aliphatic carbocycles. The molecule has 0 heterocycles. The molecule has 9 aromatic carbocycles. The van der Waals surface area contributed by atoms with Crippen molar-refractivity contribution >= 4 is 87.8 Å². The molecule has 0 fully saturated rings. The van der Waals surface area contributed by atoms with Crippen molar-refractivity contribution in [3.63, 3.8) is 0 Å². The van der Waals surface area contributed by atoms with Crippen molar-refractivity contribution in [2.45, 2.75) is 119 Å². The Morgan fingerprint density at radius 1 is 0.283 bits per heavy atom. The fraction of sp³-hybridized carbons (Fsp3) is 0.310. The first kappa shape index (κ1) is 40.8. The first-order valence-electron chi connectivity index (χ1n) is 22.3. The van der Waals surface area contributed by atoms with Gasteiger partial charge in [-0.2, -0.15) is 0 Å². The van der Waals surface area contributed by atoms with E-state index in [9.17, 15) is 0 Å². The molecule has 0 amide bonds. The summed E-state index contributed by atoms with van der Waals surface area (Å²) in [6.07, 6.45) is 0. The van der Waals surface area contributed by atoms with Crippen LogP contribution in [-0.2, 0) is 0 Å². The average molecular weight is 826 g/mol. The molecule has 0 aromatic heterocycles. The lowest BCUT2D eigenvalue weighted by Gasteiger charge is -2.28. The third-order valence-corrected chi connectivity index (χ3v) is 14.2. The largest absolute Gasteiger partial charge is 0.0836 e. The van der Waals surface area contributed by atoms with Crippen LogP contribution in [0.3, 0.4) is 0 Å². The molecule has 0 aliphatic heterocycles. The summed E-state index contributed by atoms with van der Waals surface area (Å²) in [6, 6.07) is 37.0. The maximum absolute atomic E-state index is 7.67. The van der Waals surface area contributed by atoms with Crippen LogP contribution in [0.4, 0.5) is 0 Å². The standard InChI is InChI=1S/C58H58Cl2/c1-29(2)35-25-43(31(5)6)51(44(26-35)32(7)8)49-37-17-13-15-19-39(37)53-55-41(49)21-23-47(59)57(55)54-40-20-16-14-18-38(40)50(42-22-24-48(60)58(53)56(42)54)52-45(33(9)10)27-36(30(3)4)28-46(52)34(11)12/h13-34H,1-12H3. The predicted octanol–water partition coefficient (Wildman–Crippen LogP) is 19.4. The lowest BCUT2D eigenvalue weighted by Crippen LogP contribution is -2.05. The zero-order chi connectivity index (χ0) is 42.6. The third kappa shape index (κ3) is 6.07. The molecule has 0 aliphatic rings. The minimum absolute atomic E-state index is 0.330. The van der Waals surface area contributed by atoms with Gasteiger partial charge < -0.3 is 0 Å². The maximum Gasteiger partial charge on any atom is 0.0491 e. The second-order valence-corrected chi connectivity index (χ2v) is 20.2. The Labute approximate surface area is 367 Å². The van der Waals surface area contributed by atoms with E-state index in [1.54, 1.807) is 0 Å². The molecule has 9 aromatic rings. The average Bonchev–Trinajstić information content (AvgIpc) is 3.21. The molecule has 0 atom stereocenters. The third-order valence-electron chi connectivity index (χ3n) is 13.5. The Hall–Kier alpha value is -4.62. The minimum atomic E-state index is 0.330. The minimum Gasteiger partial charge on any atom is -0.0836 e. The van der Waals surface area contributed by atoms with Crippen molar-refractivity contribution in [1.82, 2.24) is 0 Å². The zero-order valence-corrected chi connectivity index (χ0v) is 39.0. The number of fused-ring (bicyclic) bond motifs is 6. The zero-order valence-electron chi connectivity index (χ0n) is 37.5. The molecule has 0 radical (unpaired) electrons. The van der Waals surface area contributed by atoms with Crippen LogP contribution in [0.5, 0.6) is 0 Å². The van der Waals surface area contributed by atoms with Crippen LogP contribution in [0, 0.1) is 0 Å². The molecule has 0 nitrogen and oxygen atoms in total. The van der Waals surface area contributed by atoms with E-state index < -0.39 is 0 Å². The van der Waals surface area contributed by atoms with Gasteiger partial charge >= 0.3 is 0 Å². The molecule has 0 spiro atoms. The Morgan fingerprint density at radius 3 is 0.850 bits per heavy atom. The van der Waals surface area contributed by atoms with Gasteiger partial charge in [0.2, 0.25) is 0 Å². The monoisotopic (exact) mass is 824 g/mol. The summed E-state index contributed by atoms with van der Waals surface area (Å²) in [7, 11) is 0. The number of hydrogen-bond acceptors (Lipinski definition) is 0. The Bertz CT molecular complexity index is 2900. The van der Waals surface area contributed by atoms with E-state index in [0.29, 0.717) is 35.5 Å². The highest BCUT2D eigenvalue weighted by Crippen LogP contribution is 2.56. The second-order valence-electron chi connectivity index (χ2n) is 19.4. The van der Waals surface area contributed by atoms with Gasteiger partial charge in [-0.1, -0.05) is 191 Å². The number of halogens is 2. The lowest BCUT2D eigenvalue weighted by molar-refractivity contribution is 0.808. The lowest BCUT2D eigenvalue weighted by atomic mass is 9.75. The van der Waals surface area contributed by atoms with Gasteiger partial charge in [-0.05, 0) is 136 Å². The summed E-state index contributed by atoms with van der Waals surface area (Å²) in [5, 5.41) is 15.9. The summed E-state index contributed by atoms with van der Waals surface area (Å²) in [6.45, 7) is 28.1. The summed E-state index contributed by atoms with van der Waals surface area (Å²) >= 11 is 15.3.